The maximum Gasteiger partial charge on any atom is 0.387 e. The second-order valence-corrected chi connectivity index (χ2v) is 11.6. The van der Waals surface area contributed by atoms with Gasteiger partial charge in [-0.05, 0) is 61.8 Å². The molecule has 3 rings (SSSR count). The highest BCUT2D eigenvalue weighted by Crippen LogP contribution is 2.47. The molecule has 2 aromatic rings. The van der Waals surface area contributed by atoms with Crippen LogP contribution in [0.15, 0.2) is 26.9 Å². The smallest absolute Gasteiger partial charge is 0.387 e. The van der Waals surface area contributed by atoms with Crippen LogP contribution < -0.4 is 15.2 Å². The molecule has 1 heterocycles. The van der Waals surface area contributed by atoms with Crippen molar-refractivity contribution in [3.8, 4) is 5.75 Å². The van der Waals surface area contributed by atoms with Crippen molar-refractivity contribution in [1.29, 1.82) is 0 Å². The van der Waals surface area contributed by atoms with E-state index >= 15 is 0 Å². The molecule has 1 aromatic heterocycles. The first kappa shape index (κ1) is 24.8. The Morgan fingerprint density at radius 2 is 2.03 bits per heavy atom. The average Bonchev–Trinajstić information content (AvgIpc) is 3.34. The van der Waals surface area contributed by atoms with Crippen LogP contribution in [0.4, 0.5) is 14.5 Å². The van der Waals surface area contributed by atoms with Crippen molar-refractivity contribution >= 4 is 26.9 Å². The topological polar surface area (TPSA) is 130 Å². The van der Waals surface area contributed by atoms with Crippen molar-refractivity contribution in [3.05, 3.63) is 34.5 Å². The Bertz CT molecular complexity index is 1060. The van der Waals surface area contributed by atoms with Gasteiger partial charge in [-0.2, -0.15) is 13.1 Å². The fourth-order valence-corrected chi connectivity index (χ4v) is 5.35. The molecule has 0 spiro atoms. The zero-order chi connectivity index (χ0) is 23.8. The van der Waals surface area contributed by atoms with Gasteiger partial charge in [0.25, 0.3) is 0 Å². The highest BCUT2D eigenvalue weighted by molar-refractivity contribution is 7.93. The molecule has 0 amide bonds. The number of aromatic nitrogens is 1. The summed E-state index contributed by atoms with van der Waals surface area (Å²) in [5, 5.41) is 29.7. The van der Waals surface area contributed by atoms with E-state index in [0.717, 1.165) is 29.7 Å². The lowest BCUT2D eigenvalue weighted by Gasteiger charge is -2.22. The molecule has 1 unspecified atom stereocenters. The molecule has 0 aliphatic heterocycles. The number of benzene rings is 1. The van der Waals surface area contributed by atoms with E-state index in [9.17, 15) is 23.2 Å². The molecule has 0 bridgehead atoms. The second-order valence-electron chi connectivity index (χ2n) is 8.52. The minimum atomic E-state index is -3.51. The summed E-state index contributed by atoms with van der Waals surface area (Å²) in [4.78, 5) is 4.03. The summed E-state index contributed by atoms with van der Waals surface area (Å²) in [6.07, 6.45) is 1.40. The minimum absolute atomic E-state index is 0.0500. The number of halogens is 2. The molecule has 1 saturated carbocycles. The molecule has 32 heavy (non-hydrogen) atoms. The Labute approximate surface area is 190 Å². The van der Waals surface area contributed by atoms with Gasteiger partial charge in [0, 0.05) is 5.69 Å². The van der Waals surface area contributed by atoms with E-state index in [1.807, 2.05) is 13.8 Å². The molecule has 2 atom stereocenters. The maximum atomic E-state index is 13.0. The van der Waals surface area contributed by atoms with Crippen LogP contribution in [0.2, 0.25) is 0 Å². The van der Waals surface area contributed by atoms with Crippen molar-refractivity contribution in [1.82, 2.24) is 4.98 Å². The van der Waals surface area contributed by atoms with E-state index in [2.05, 4.69) is 19.4 Å². The fraction of sp³-hybridized carbons (Fsp3) is 0.550. The molecule has 12 heteroatoms. The maximum absolute atomic E-state index is 13.0. The number of aliphatic hydroxyl groups excluding tert-OH is 1. The monoisotopic (exact) mass is 490 g/mol. The van der Waals surface area contributed by atoms with Gasteiger partial charge in [0.05, 0.1) is 6.20 Å². The second kappa shape index (κ2) is 9.18. The lowest BCUT2D eigenvalue weighted by molar-refractivity contribution is -0.0499. The Morgan fingerprint density at radius 3 is 2.53 bits per heavy atom. The number of nitrogens with one attached hydrogen (secondary N) is 1. The van der Waals surface area contributed by atoms with E-state index < -0.39 is 28.5 Å². The third kappa shape index (κ3) is 5.93. The summed E-state index contributed by atoms with van der Waals surface area (Å²) in [6, 6.07) is 3.03. The van der Waals surface area contributed by atoms with Gasteiger partial charge >= 0.3 is 6.61 Å². The number of hydrogen-bond acceptors (Lipinski definition) is 8. The number of alkyl halides is 2. The summed E-state index contributed by atoms with van der Waals surface area (Å²) in [5.41, 5.74) is 0.691. The van der Waals surface area contributed by atoms with Crippen molar-refractivity contribution in [2.75, 3.05) is 5.32 Å². The Kier molecular flexibility index (Phi) is 7.11. The minimum Gasteiger partial charge on any atom is -0.435 e. The number of nitrogens with zero attached hydrogens (tertiary/aromatic N) is 2. The van der Waals surface area contributed by atoms with E-state index in [-0.39, 0.29) is 21.8 Å². The molecule has 0 saturated heterocycles. The van der Waals surface area contributed by atoms with Crippen LogP contribution in [0.25, 0.3) is 0 Å². The average molecular weight is 491 g/mol. The number of nitrogens with two attached hydrogens (primary N) is 1. The number of hydrogen-bond donors (Lipinski definition) is 4. The lowest BCUT2D eigenvalue weighted by Crippen LogP contribution is -2.23. The first-order valence-electron chi connectivity index (χ1n) is 10.1. The molecule has 0 radical (unpaired) electrons. The first-order valence-corrected chi connectivity index (χ1v) is 12.5. The third-order valence-electron chi connectivity index (χ3n) is 4.86. The number of rotatable bonds is 9. The Morgan fingerprint density at radius 1 is 1.38 bits per heavy atom. The summed E-state index contributed by atoms with van der Waals surface area (Å²) in [5.74, 6) is 0.108. The zero-order valence-electron chi connectivity index (χ0n) is 18.2. The van der Waals surface area contributed by atoms with Crippen LogP contribution >= 0.6 is 11.3 Å². The highest BCUT2D eigenvalue weighted by Gasteiger charge is 2.30. The van der Waals surface area contributed by atoms with Gasteiger partial charge in [-0.3, -0.25) is 0 Å². The van der Waals surface area contributed by atoms with E-state index in [4.69, 9.17) is 5.14 Å². The normalized spacial score (nSPS) is 17.3. The number of anilines is 1. The summed E-state index contributed by atoms with van der Waals surface area (Å²) in [6.45, 7) is 3.89. The fourth-order valence-electron chi connectivity index (χ4n) is 3.20. The van der Waals surface area contributed by atoms with Crippen LogP contribution in [-0.4, -0.2) is 32.4 Å². The van der Waals surface area contributed by atoms with Gasteiger partial charge in [0.15, 0.2) is 0 Å². The van der Waals surface area contributed by atoms with Crippen molar-refractivity contribution in [3.63, 3.8) is 0 Å². The van der Waals surface area contributed by atoms with Crippen LogP contribution in [0.5, 0.6) is 5.75 Å². The van der Waals surface area contributed by atoms with Gasteiger partial charge < -0.3 is 20.3 Å². The van der Waals surface area contributed by atoms with E-state index in [1.54, 1.807) is 0 Å². The quantitative estimate of drug-likeness (QED) is 0.392. The van der Waals surface area contributed by atoms with Gasteiger partial charge in [0.1, 0.15) is 30.5 Å². The van der Waals surface area contributed by atoms with E-state index in [0.29, 0.717) is 16.3 Å². The first-order chi connectivity index (χ1) is 14.8. The summed E-state index contributed by atoms with van der Waals surface area (Å²) < 4.78 is 47.1. The van der Waals surface area contributed by atoms with Crippen LogP contribution in [-0.2, 0) is 15.5 Å². The highest BCUT2D eigenvalue weighted by atomic mass is 32.2. The molecule has 1 fully saturated rings. The van der Waals surface area contributed by atoms with Gasteiger partial charge in [0.2, 0.25) is 6.35 Å². The van der Waals surface area contributed by atoms with Crippen LogP contribution in [0, 0.1) is 0 Å². The van der Waals surface area contributed by atoms with Gasteiger partial charge in [-0.25, -0.2) is 14.3 Å². The molecule has 8 nitrogen and oxygen atoms in total. The standard InChI is InChI=1S/C20H28F2N4O4S2/c1-10(2)13-7-12(30-18(21)22)8-14(11-5-6-11)16(13)25-19(27)26-32(23,29)15-9-24-17(31-15)20(3,4)28/h7-11,18-19,25,27-28H,5-6H2,1-4H3,(H2,23,26,29)/t19?,32-/m0/s1. The number of thiazole rings is 1. The van der Waals surface area contributed by atoms with Gasteiger partial charge in [-0.15, -0.1) is 11.3 Å². The van der Waals surface area contributed by atoms with Crippen LogP contribution in [0.3, 0.4) is 0 Å². The van der Waals surface area contributed by atoms with Gasteiger partial charge in [-0.1, -0.05) is 13.8 Å². The van der Waals surface area contributed by atoms with Crippen molar-refractivity contribution in [2.45, 2.75) is 75.1 Å². The largest absolute Gasteiger partial charge is 0.435 e. The molecule has 1 aliphatic carbocycles. The lowest BCUT2D eigenvalue weighted by atomic mass is 9.95. The van der Waals surface area contributed by atoms with Crippen LogP contribution in [0.1, 0.15) is 68.5 Å². The van der Waals surface area contributed by atoms with E-state index in [1.165, 1.54) is 32.2 Å². The zero-order valence-corrected chi connectivity index (χ0v) is 19.8. The SMILES string of the molecule is CC(C)c1cc(OC(F)F)cc(C2CC2)c1NC(O)N=[S@](N)(=O)c1cnc(C(C)(C)O)s1. The third-order valence-corrected chi connectivity index (χ3v) is 8.13. The molecular weight excluding hydrogens is 462 g/mol. The van der Waals surface area contributed by atoms with Crippen molar-refractivity contribution < 1.29 is 27.9 Å². The van der Waals surface area contributed by atoms with Crippen molar-refractivity contribution in [2.24, 2.45) is 9.50 Å². The summed E-state index contributed by atoms with van der Waals surface area (Å²) >= 11 is 0.947. The molecule has 178 valence electrons. The Balaban J connectivity index is 1.95. The molecule has 1 aromatic carbocycles. The summed E-state index contributed by atoms with van der Waals surface area (Å²) in [7, 11) is -3.51. The number of ether oxygens (including phenoxy) is 1. The molecule has 1 aliphatic rings. The Hall–Kier alpha value is -1.86. The number of aliphatic hydroxyl groups is 2. The predicted octanol–water partition coefficient (Wildman–Crippen LogP) is 4.06. The predicted molar refractivity (Wildman–Crippen MR) is 119 cm³/mol. The molecular formula is C20H28F2N4O4S2. The molecule has 5 N–H and O–H groups in total.